The lowest BCUT2D eigenvalue weighted by Gasteiger charge is -2.35. The Balaban J connectivity index is 1.32. The molecule has 1 aliphatic carbocycles. The van der Waals surface area contributed by atoms with Crippen LogP contribution >= 0.6 is 0 Å². The number of aromatic nitrogens is 3. The van der Waals surface area contributed by atoms with Crippen LogP contribution in [0.4, 0.5) is 24.9 Å². The van der Waals surface area contributed by atoms with Crippen molar-refractivity contribution in [2.75, 3.05) is 23.8 Å². The van der Waals surface area contributed by atoms with Crippen molar-refractivity contribution < 1.29 is 27.1 Å². The first-order valence-electron chi connectivity index (χ1n) is 13.5. The average Bonchev–Trinajstić information content (AvgIpc) is 3.38. The maximum Gasteiger partial charge on any atom is 0.405 e. The molecule has 4 aromatic rings. The van der Waals surface area contributed by atoms with Crippen LogP contribution < -0.4 is 10.6 Å². The van der Waals surface area contributed by atoms with Gasteiger partial charge in [0.05, 0.1) is 17.7 Å². The molecule has 0 bridgehead atoms. The van der Waals surface area contributed by atoms with Crippen molar-refractivity contribution >= 4 is 28.6 Å². The van der Waals surface area contributed by atoms with Gasteiger partial charge in [0.1, 0.15) is 12.2 Å². The van der Waals surface area contributed by atoms with Crippen molar-refractivity contribution in [2.24, 2.45) is 5.92 Å². The number of halogens is 3. The van der Waals surface area contributed by atoms with Crippen LogP contribution in [0.25, 0.3) is 22.5 Å². The highest BCUT2D eigenvalue weighted by molar-refractivity contribution is 5.91. The standard InChI is InChI=1S/C30H32F3N5O3/c1-17-12-24(35-25-21(17)13-20(34-16-30(31,32)33)14-22(25)29(2,3)4)26-37-38-28(41-26)36-23-11-10-19(23)15-40-27(39)18-8-6-5-7-9-18/h5-9,12-14,19,23,34H,10-11,15-16H2,1-4H3,(H,36,38)/t19-,23?/m0/s1. The monoisotopic (exact) mass is 567 g/mol. The van der Waals surface area contributed by atoms with Gasteiger partial charge in [0, 0.05) is 23.0 Å². The Bertz CT molecular complexity index is 1550. The van der Waals surface area contributed by atoms with E-state index in [1.807, 2.05) is 33.8 Å². The summed E-state index contributed by atoms with van der Waals surface area (Å²) in [7, 11) is 0. The van der Waals surface area contributed by atoms with E-state index >= 15 is 0 Å². The Morgan fingerprint density at radius 2 is 1.83 bits per heavy atom. The largest absolute Gasteiger partial charge is 0.462 e. The third-order valence-corrected chi connectivity index (χ3v) is 7.23. The van der Waals surface area contributed by atoms with Gasteiger partial charge in [0.2, 0.25) is 0 Å². The highest BCUT2D eigenvalue weighted by Gasteiger charge is 2.33. The minimum atomic E-state index is -4.33. The normalized spacial score (nSPS) is 17.2. The molecule has 1 saturated carbocycles. The number of esters is 1. The first kappa shape index (κ1) is 28.4. The minimum absolute atomic E-state index is 0.0216. The summed E-state index contributed by atoms with van der Waals surface area (Å²) in [6, 6.07) is 14.3. The summed E-state index contributed by atoms with van der Waals surface area (Å²) in [5.74, 6) is -0.0106. The smallest absolute Gasteiger partial charge is 0.405 e. The van der Waals surface area contributed by atoms with Crippen LogP contribution in [0.1, 0.15) is 55.1 Å². The van der Waals surface area contributed by atoms with Gasteiger partial charge in [-0.15, -0.1) is 5.10 Å². The van der Waals surface area contributed by atoms with E-state index in [0.29, 0.717) is 22.5 Å². The number of rotatable bonds is 8. The number of nitrogens with zero attached hydrogens (tertiary/aromatic N) is 3. The average molecular weight is 568 g/mol. The summed E-state index contributed by atoms with van der Waals surface area (Å²) in [4.78, 5) is 17.1. The Morgan fingerprint density at radius 1 is 1.07 bits per heavy atom. The highest BCUT2D eigenvalue weighted by Crippen LogP contribution is 2.36. The van der Waals surface area contributed by atoms with Crippen LogP contribution in [0.5, 0.6) is 0 Å². The lowest BCUT2D eigenvalue weighted by Crippen LogP contribution is -2.41. The molecule has 2 aromatic carbocycles. The Hall–Kier alpha value is -4.15. The molecule has 1 fully saturated rings. The number of carbonyl (C=O) groups excluding carboxylic acids is 1. The molecule has 0 saturated heterocycles. The number of aryl methyl sites for hydroxylation is 1. The summed E-state index contributed by atoms with van der Waals surface area (Å²) in [5.41, 5.74) is 3.25. The third kappa shape index (κ3) is 6.61. The number of anilines is 2. The molecule has 8 nitrogen and oxygen atoms in total. The molecule has 0 aliphatic heterocycles. The summed E-state index contributed by atoms with van der Waals surface area (Å²) in [5, 5.41) is 14.8. The van der Waals surface area contributed by atoms with E-state index in [1.54, 1.807) is 42.5 Å². The predicted molar refractivity (Wildman–Crippen MR) is 150 cm³/mol. The van der Waals surface area contributed by atoms with Crippen molar-refractivity contribution in [1.82, 2.24) is 15.2 Å². The summed E-state index contributed by atoms with van der Waals surface area (Å²) in [6.45, 7) is 6.99. The molecule has 11 heteroatoms. The van der Waals surface area contributed by atoms with E-state index in [1.165, 1.54) is 0 Å². The zero-order chi connectivity index (χ0) is 29.4. The first-order chi connectivity index (χ1) is 19.4. The number of nitrogens with one attached hydrogen (secondary N) is 2. The predicted octanol–water partition coefficient (Wildman–Crippen LogP) is 6.91. The van der Waals surface area contributed by atoms with Gasteiger partial charge in [-0.1, -0.05) is 44.1 Å². The molecule has 1 unspecified atom stereocenters. The van der Waals surface area contributed by atoms with Crippen molar-refractivity contribution in [1.29, 1.82) is 0 Å². The van der Waals surface area contributed by atoms with Crippen molar-refractivity contribution in [3.63, 3.8) is 0 Å². The van der Waals surface area contributed by atoms with E-state index in [4.69, 9.17) is 14.1 Å². The summed E-state index contributed by atoms with van der Waals surface area (Å²) < 4.78 is 49.9. The van der Waals surface area contributed by atoms with E-state index < -0.39 is 18.1 Å². The van der Waals surface area contributed by atoms with Crippen molar-refractivity contribution in [3.8, 4) is 11.6 Å². The molecular weight excluding hydrogens is 535 g/mol. The van der Waals surface area contributed by atoms with E-state index in [9.17, 15) is 18.0 Å². The topological polar surface area (TPSA) is 102 Å². The molecule has 216 valence electrons. The van der Waals surface area contributed by atoms with Gasteiger partial charge in [-0.25, -0.2) is 9.78 Å². The van der Waals surface area contributed by atoms with Gasteiger partial charge in [0.25, 0.3) is 5.89 Å². The number of alkyl halides is 3. The number of ether oxygens (including phenoxy) is 1. The number of fused-ring (bicyclic) bond motifs is 1. The lowest BCUT2D eigenvalue weighted by molar-refractivity contribution is -0.115. The van der Waals surface area contributed by atoms with Crippen molar-refractivity contribution in [3.05, 3.63) is 65.2 Å². The number of hydrogen-bond donors (Lipinski definition) is 2. The van der Waals surface area contributed by atoms with Gasteiger partial charge < -0.3 is 19.8 Å². The van der Waals surface area contributed by atoms with Crippen LogP contribution in [0, 0.1) is 12.8 Å². The maximum atomic E-state index is 12.9. The summed E-state index contributed by atoms with van der Waals surface area (Å²) in [6.07, 6.45) is -2.55. The first-order valence-corrected chi connectivity index (χ1v) is 13.5. The number of hydrogen-bond acceptors (Lipinski definition) is 8. The molecule has 2 heterocycles. The quantitative estimate of drug-likeness (QED) is 0.222. The molecule has 5 rings (SSSR count). The van der Waals surface area contributed by atoms with Gasteiger partial charge in [-0.05, 0) is 66.6 Å². The zero-order valence-corrected chi connectivity index (χ0v) is 23.3. The molecule has 2 N–H and O–H groups in total. The Kier molecular flexibility index (Phi) is 7.63. The molecule has 0 amide bonds. The SMILES string of the molecule is Cc1cc(-c2nnc(NC3CC[C@H]3COC(=O)c3ccccc3)o2)nc2c(C(C)(C)C)cc(NCC(F)(F)F)cc12. The molecule has 1 aliphatic rings. The molecule has 41 heavy (non-hydrogen) atoms. The number of carbonyl (C=O) groups is 1. The fourth-order valence-electron chi connectivity index (χ4n) is 4.82. The number of pyridine rings is 1. The Morgan fingerprint density at radius 3 is 2.49 bits per heavy atom. The van der Waals surface area contributed by atoms with Crippen LogP contribution in [0.3, 0.4) is 0 Å². The highest BCUT2D eigenvalue weighted by atomic mass is 19.4. The molecule has 2 atom stereocenters. The molecule has 0 radical (unpaired) electrons. The second kappa shape index (κ2) is 11.0. The molecular formula is C30H32F3N5O3. The minimum Gasteiger partial charge on any atom is -0.462 e. The third-order valence-electron chi connectivity index (χ3n) is 7.23. The van der Waals surface area contributed by atoms with Gasteiger partial charge in [0.15, 0.2) is 0 Å². The van der Waals surface area contributed by atoms with Crippen LogP contribution in [0.2, 0.25) is 0 Å². The van der Waals surface area contributed by atoms with E-state index in [-0.39, 0.29) is 36.4 Å². The second-order valence-corrected chi connectivity index (χ2v) is 11.4. The number of benzene rings is 2. The molecule has 2 aromatic heterocycles. The fourth-order valence-corrected chi connectivity index (χ4v) is 4.82. The van der Waals surface area contributed by atoms with Gasteiger partial charge in [-0.2, -0.15) is 13.2 Å². The molecule has 0 spiro atoms. The maximum absolute atomic E-state index is 12.9. The van der Waals surface area contributed by atoms with Gasteiger partial charge in [-0.3, -0.25) is 0 Å². The van der Waals surface area contributed by atoms with Crippen LogP contribution in [0.15, 0.2) is 52.9 Å². The lowest BCUT2D eigenvalue weighted by atomic mass is 9.80. The fraction of sp³-hybridized carbons (Fsp3) is 0.400. The second-order valence-electron chi connectivity index (χ2n) is 11.4. The van der Waals surface area contributed by atoms with Crippen LogP contribution in [-0.4, -0.2) is 46.5 Å². The van der Waals surface area contributed by atoms with E-state index in [2.05, 4.69) is 20.8 Å². The zero-order valence-electron chi connectivity index (χ0n) is 23.3. The Labute approximate surface area is 235 Å². The van der Waals surface area contributed by atoms with Crippen LogP contribution in [-0.2, 0) is 10.2 Å². The van der Waals surface area contributed by atoms with Crippen molar-refractivity contribution in [2.45, 2.75) is 58.2 Å². The summed E-state index contributed by atoms with van der Waals surface area (Å²) >= 11 is 0. The van der Waals surface area contributed by atoms with Gasteiger partial charge >= 0.3 is 18.2 Å². The van der Waals surface area contributed by atoms with E-state index in [0.717, 1.165) is 29.4 Å².